The third kappa shape index (κ3) is 4.88. The van der Waals surface area contributed by atoms with Gasteiger partial charge in [0.1, 0.15) is 0 Å². The van der Waals surface area contributed by atoms with E-state index in [0.717, 1.165) is 38.4 Å². The Morgan fingerprint density at radius 2 is 1.79 bits per heavy atom. The number of aliphatic hydroxyl groups is 1. The summed E-state index contributed by atoms with van der Waals surface area (Å²) in [5, 5.41) is 14.7. The standard InChI is InChI=1S/C27H29ClN4O6S/c28-23-3-1-2-21-25-22(17-39(35,36)26(21)23)24(27(34)31-10-13-38-16-20(31)15-33)29-32(25)19-6-4-18(5-7-19)14-30-8-11-37-12-9-30/h1-7,20,33H,8-17H2. The van der Waals surface area contributed by atoms with Gasteiger partial charge in [0, 0.05) is 37.3 Å². The molecule has 4 heterocycles. The molecule has 3 aliphatic heterocycles. The Balaban J connectivity index is 1.45. The highest BCUT2D eigenvalue weighted by Gasteiger charge is 2.39. The molecular weight excluding hydrogens is 544 g/mol. The molecule has 206 valence electrons. The van der Waals surface area contributed by atoms with E-state index in [-0.39, 0.29) is 35.4 Å². The number of rotatable bonds is 5. The molecule has 3 aromatic rings. The minimum atomic E-state index is -3.83. The summed E-state index contributed by atoms with van der Waals surface area (Å²) in [5.41, 5.74) is 3.14. The third-order valence-electron chi connectivity index (χ3n) is 7.44. The molecule has 39 heavy (non-hydrogen) atoms. The van der Waals surface area contributed by atoms with Gasteiger partial charge < -0.3 is 19.5 Å². The quantitative estimate of drug-likeness (QED) is 0.495. The van der Waals surface area contributed by atoms with E-state index in [1.54, 1.807) is 22.9 Å². The van der Waals surface area contributed by atoms with Crippen molar-refractivity contribution in [1.29, 1.82) is 0 Å². The summed E-state index contributed by atoms with van der Waals surface area (Å²) in [7, 11) is -3.83. The number of morpholine rings is 2. The molecule has 2 aromatic carbocycles. The van der Waals surface area contributed by atoms with Crippen molar-refractivity contribution in [2.45, 2.75) is 23.2 Å². The van der Waals surface area contributed by atoms with Crippen molar-refractivity contribution >= 4 is 27.3 Å². The molecule has 0 spiro atoms. The van der Waals surface area contributed by atoms with Gasteiger partial charge in [0.2, 0.25) is 0 Å². The van der Waals surface area contributed by atoms with Crippen LogP contribution in [0.1, 0.15) is 21.6 Å². The van der Waals surface area contributed by atoms with Crippen molar-refractivity contribution in [1.82, 2.24) is 19.6 Å². The van der Waals surface area contributed by atoms with Crippen molar-refractivity contribution in [3.05, 3.63) is 64.3 Å². The van der Waals surface area contributed by atoms with Crippen LogP contribution in [0, 0.1) is 0 Å². The normalized spacial score (nSPS) is 20.9. The van der Waals surface area contributed by atoms with E-state index in [2.05, 4.69) is 4.90 Å². The number of halogens is 1. The lowest BCUT2D eigenvalue weighted by Crippen LogP contribution is -2.50. The number of sulfone groups is 1. The molecule has 2 saturated heterocycles. The number of hydrogen-bond acceptors (Lipinski definition) is 8. The van der Waals surface area contributed by atoms with Gasteiger partial charge in [0.05, 0.1) is 66.1 Å². The first kappa shape index (κ1) is 26.4. The van der Waals surface area contributed by atoms with Crippen LogP contribution in [0.3, 0.4) is 0 Å². The van der Waals surface area contributed by atoms with E-state index in [9.17, 15) is 18.3 Å². The Labute approximate surface area is 231 Å². The smallest absolute Gasteiger partial charge is 0.275 e. The molecule has 6 rings (SSSR count). The number of carbonyl (C=O) groups is 1. The number of aromatic nitrogens is 2. The van der Waals surface area contributed by atoms with E-state index in [4.69, 9.17) is 26.2 Å². The molecule has 3 aliphatic rings. The minimum Gasteiger partial charge on any atom is -0.394 e. The summed E-state index contributed by atoms with van der Waals surface area (Å²) in [6, 6.07) is 12.3. The number of hydrogen-bond donors (Lipinski definition) is 1. The fourth-order valence-electron chi connectivity index (χ4n) is 5.47. The molecule has 1 N–H and O–H groups in total. The average molecular weight is 573 g/mol. The predicted molar refractivity (Wildman–Crippen MR) is 144 cm³/mol. The summed E-state index contributed by atoms with van der Waals surface area (Å²) >= 11 is 6.39. The molecular formula is C27H29ClN4O6S. The molecule has 1 aromatic heterocycles. The number of carbonyl (C=O) groups excluding carboxylic acids is 1. The first-order valence-electron chi connectivity index (χ1n) is 12.9. The second kappa shape index (κ2) is 10.6. The number of fused-ring (bicyclic) bond motifs is 3. The number of benzene rings is 2. The predicted octanol–water partition coefficient (Wildman–Crippen LogP) is 2.15. The van der Waals surface area contributed by atoms with Crippen LogP contribution < -0.4 is 0 Å². The molecule has 0 bridgehead atoms. The van der Waals surface area contributed by atoms with Crippen molar-refractivity contribution in [2.24, 2.45) is 0 Å². The second-order valence-electron chi connectivity index (χ2n) is 9.93. The van der Waals surface area contributed by atoms with Gasteiger partial charge in [-0.05, 0) is 23.8 Å². The Kier molecular flexibility index (Phi) is 7.21. The Bertz CT molecular complexity index is 1500. The molecule has 0 saturated carbocycles. The van der Waals surface area contributed by atoms with Crippen LogP contribution in [0.4, 0.5) is 0 Å². The molecule has 2 fully saturated rings. The molecule has 1 amide bonds. The van der Waals surface area contributed by atoms with Crippen LogP contribution in [-0.4, -0.2) is 97.7 Å². The number of ether oxygens (including phenoxy) is 2. The van der Waals surface area contributed by atoms with Crippen LogP contribution in [0.15, 0.2) is 47.4 Å². The zero-order valence-electron chi connectivity index (χ0n) is 21.3. The van der Waals surface area contributed by atoms with Gasteiger partial charge in [-0.15, -0.1) is 0 Å². The molecule has 0 aliphatic carbocycles. The zero-order chi connectivity index (χ0) is 27.1. The molecule has 1 unspecified atom stereocenters. The summed E-state index contributed by atoms with van der Waals surface area (Å²) in [4.78, 5) is 17.7. The lowest BCUT2D eigenvalue weighted by atomic mass is 10.0. The number of aliphatic hydroxyl groups excluding tert-OH is 1. The number of amides is 1. The summed E-state index contributed by atoms with van der Waals surface area (Å²) < 4.78 is 39.3. The summed E-state index contributed by atoms with van der Waals surface area (Å²) in [5.74, 6) is -0.833. The number of nitrogens with zero attached hydrogens (tertiary/aromatic N) is 4. The SMILES string of the molecule is O=C(c1nn(-c2ccc(CN3CCOCC3)cc2)c2c1CS(=O)(=O)c1c(Cl)cccc1-2)N1CCOCC1CO. The van der Waals surface area contributed by atoms with E-state index in [1.807, 2.05) is 24.3 Å². The van der Waals surface area contributed by atoms with E-state index in [1.165, 1.54) is 4.90 Å². The topological polar surface area (TPSA) is 114 Å². The van der Waals surface area contributed by atoms with E-state index in [0.29, 0.717) is 29.1 Å². The van der Waals surface area contributed by atoms with Crippen molar-refractivity contribution < 1.29 is 27.8 Å². The summed E-state index contributed by atoms with van der Waals surface area (Å²) in [6.07, 6.45) is 0. The van der Waals surface area contributed by atoms with E-state index < -0.39 is 27.5 Å². The molecule has 12 heteroatoms. The highest BCUT2D eigenvalue weighted by molar-refractivity contribution is 7.91. The lowest BCUT2D eigenvalue weighted by Gasteiger charge is -2.34. The zero-order valence-corrected chi connectivity index (χ0v) is 22.8. The lowest BCUT2D eigenvalue weighted by molar-refractivity contribution is -0.0187. The van der Waals surface area contributed by atoms with Crippen LogP contribution in [0.5, 0.6) is 0 Å². The minimum absolute atomic E-state index is 0.0443. The fourth-order valence-corrected chi connectivity index (χ4v) is 7.66. The molecule has 10 nitrogen and oxygen atoms in total. The van der Waals surface area contributed by atoms with Crippen LogP contribution >= 0.6 is 11.6 Å². The van der Waals surface area contributed by atoms with Gasteiger partial charge in [-0.1, -0.05) is 35.9 Å². The van der Waals surface area contributed by atoms with Crippen LogP contribution in [-0.2, 0) is 31.6 Å². The maximum Gasteiger partial charge on any atom is 0.275 e. The Morgan fingerprint density at radius 1 is 1.05 bits per heavy atom. The monoisotopic (exact) mass is 572 g/mol. The van der Waals surface area contributed by atoms with Gasteiger partial charge in [0.25, 0.3) is 5.91 Å². The van der Waals surface area contributed by atoms with Gasteiger partial charge >= 0.3 is 0 Å². The average Bonchev–Trinajstić information content (AvgIpc) is 3.32. The van der Waals surface area contributed by atoms with Crippen molar-refractivity contribution in [3.8, 4) is 16.9 Å². The van der Waals surface area contributed by atoms with Gasteiger partial charge in [-0.2, -0.15) is 5.10 Å². The third-order valence-corrected chi connectivity index (χ3v) is 9.60. The first-order valence-corrected chi connectivity index (χ1v) is 14.9. The largest absolute Gasteiger partial charge is 0.394 e. The maximum absolute atomic E-state index is 13.8. The maximum atomic E-state index is 13.8. The highest BCUT2D eigenvalue weighted by atomic mass is 35.5. The summed E-state index contributed by atoms with van der Waals surface area (Å²) in [6.45, 7) is 4.52. The van der Waals surface area contributed by atoms with Gasteiger partial charge in [-0.3, -0.25) is 9.69 Å². The molecule has 0 radical (unpaired) electrons. The molecule has 1 atom stereocenters. The highest BCUT2D eigenvalue weighted by Crippen LogP contribution is 2.43. The second-order valence-corrected chi connectivity index (χ2v) is 12.3. The van der Waals surface area contributed by atoms with Crippen LogP contribution in [0.2, 0.25) is 5.02 Å². The fraction of sp³-hybridized carbons (Fsp3) is 0.407. The first-order chi connectivity index (χ1) is 18.9. The van der Waals surface area contributed by atoms with Crippen molar-refractivity contribution in [3.63, 3.8) is 0 Å². The Hall–Kier alpha value is -2.80. The van der Waals surface area contributed by atoms with Crippen molar-refractivity contribution in [2.75, 3.05) is 52.7 Å². The Morgan fingerprint density at radius 3 is 2.54 bits per heavy atom. The van der Waals surface area contributed by atoms with Crippen LogP contribution in [0.25, 0.3) is 16.9 Å². The van der Waals surface area contributed by atoms with Gasteiger partial charge in [-0.25, -0.2) is 13.1 Å². The van der Waals surface area contributed by atoms with E-state index >= 15 is 0 Å². The van der Waals surface area contributed by atoms with Gasteiger partial charge in [0.15, 0.2) is 15.5 Å².